The number of carbonyl (C=O) groups excluding carboxylic acids is 1. The van der Waals surface area contributed by atoms with Gasteiger partial charge in [-0.05, 0) is 26.7 Å². The van der Waals surface area contributed by atoms with E-state index >= 15 is 0 Å². The maximum Gasteiger partial charge on any atom is 0.243 e. The Labute approximate surface area is 150 Å². The highest BCUT2D eigenvalue weighted by Gasteiger charge is 2.31. The molecule has 8 nitrogen and oxygen atoms in total. The van der Waals surface area contributed by atoms with Gasteiger partial charge in [-0.2, -0.15) is 0 Å². The summed E-state index contributed by atoms with van der Waals surface area (Å²) in [5.74, 6) is 0.781. The van der Waals surface area contributed by atoms with Crippen molar-refractivity contribution in [3.05, 3.63) is 48.3 Å². The van der Waals surface area contributed by atoms with Crippen molar-refractivity contribution in [3.8, 4) is 11.3 Å². The number of nitrogens with zero attached hydrogens (tertiary/aromatic N) is 6. The summed E-state index contributed by atoms with van der Waals surface area (Å²) in [5.41, 5.74) is 3.19. The number of imidazole rings is 1. The average Bonchev–Trinajstić information content (AvgIpc) is 3.37. The summed E-state index contributed by atoms with van der Waals surface area (Å²) in [5, 5.41) is 3.99. The fourth-order valence-corrected chi connectivity index (χ4v) is 3.51. The van der Waals surface area contributed by atoms with Crippen molar-refractivity contribution in [2.45, 2.75) is 39.3 Å². The molecule has 0 spiro atoms. The summed E-state index contributed by atoms with van der Waals surface area (Å²) in [6.07, 6.45) is 10.4. The van der Waals surface area contributed by atoms with E-state index in [9.17, 15) is 4.79 Å². The summed E-state index contributed by atoms with van der Waals surface area (Å²) in [7, 11) is 0. The summed E-state index contributed by atoms with van der Waals surface area (Å²) in [4.78, 5) is 27.7. The van der Waals surface area contributed by atoms with E-state index in [-0.39, 0.29) is 18.5 Å². The lowest BCUT2D eigenvalue weighted by molar-refractivity contribution is -0.132. The van der Waals surface area contributed by atoms with Gasteiger partial charge in [-0.15, -0.1) is 0 Å². The van der Waals surface area contributed by atoms with E-state index in [4.69, 9.17) is 9.51 Å². The van der Waals surface area contributed by atoms with Gasteiger partial charge in [-0.1, -0.05) is 5.16 Å². The zero-order valence-corrected chi connectivity index (χ0v) is 14.8. The molecule has 1 aliphatic heterocycles. The second-order valence-electron chi connectivity index (χ2n) is 6.51. The number of carbonyl (C=O) groups is 1. The molecular weight excluding hydrogens is 332 g/mol. The Hall–Kier alpha value is -3.03. The molecule has 0 saturated carbocycles. The Bertz CT molecular complexity index is 898. The average molecular weight is 352 g/mol. The summed E-state index contributed by atoms with van der Waals surface area (Å²) >= 11 is 0. The molecule has 0 radical (unpaired) electrons. The molecule has 4 rings (SSSR count). The lowest BCUT2D eigenvalue weighted by atomic mass is 10.1. The lowest BCUT2D eigenvalue weighted by Gasteiger charge is -2.24. The van der Waals surface area contributed by atoms with Crippen molar-refractivity contribution in [1.82, 2.24) is 29.6 Å². The van der Waals surface area contributed by atoms with Gasteiger partial charge in [0.1, 0.15) is 12.3 Å². The monoisotopic (exact) mass is 352 g/mol. The third kappa shape index (κ3) is 2.98. The maximum atomic E-state index is 12.7. The third-order valence-electron chi connectivity index (χ3n) is 4.73. The van der Waals surface area contributed by atoms with E-state index in [2.05, 4.69) is 15.1 Å². The second-order valence-corrected chi connectivity index (χ2v) is 6.51. The van der Waals surface area contributed by atoms with Crippen LogP contribution in [0.2, 0.25) is 0 Å². The molecule has 3 aromatic rings. The number of aromatic nitrogens is 5. The van der Waals surface area contributed by atoms with Crippen LogP contribution < -0.4 is 0 Å². The summed E-state index contributed by atoms with van der Waals surface area (Å²) < 4.78 is 7.02. The van der Waals surface area contributed by atoms with Crippen LogP contribution in [0.3, 0.4) is 0 Å². The van der Waals surface area contributed by atoms with Crippen LogP contribution in [0.5, 0.6) is 0 Å². The van der Waals surface area contributed by atoms with Crippen molar-refractivity contribution in [2.24, 2.45) is 0 Å². The lowest BCUT2D eigenvalue weighted by Crippen LogP contribution is -2.33. The Morgan fingerprint density at radius 3 is 2.92 bits per heavy atom. The van der Waals surface area contributed by atoms with Gasteiger partial charge in [0, 0.05) is 18.9 Å². The predicted octanol–water partition coefficient (Wildman–Crippen LogP) is 2.31. The van der Waals surface area contributed by atoms with Gasteiger partial charge in [0.15, 0.2) is 0 Å². The summed E-state index contributed by atoms with van der Waals surface area (Å²) in [6, 6.07) is -0.0565. The van der Waals surface area contributed by atoms with Gasteiger partial charge in [0.2, 0.25) is 5.91 Å². The standard InChI is InChI=1S/C18H20N6O2/c1-12-18(13(2)26-22-12)15-9-20-8-14(21-15)16-4-3-6-24(16)17(25)10-23-7-5-19-11-23/h5,7-9,11,16H,3-4,6,10H2,1-2H3/t16-/m0/s1. The van der Waals surface area contributed by atoms with Gasteiger partial charge in [-0.3, -0.25) is 9.78 Å². The van der Waals surface area contributed by atoms with Gasteiger partial charge in [-0.25, -0.2) is 9.97 Å². The van der Waals surface area contributed by atoms with E-state index in [1.54, 1.807) is 35.7 Å². The Kier molecular flexibility index (Phi) is 4.24. The van der Waals surface area contributed by atoms with E-state index in [1.807, 2.05) is 18.7 Å². The Balaban J connectivity index is 1.60. The predicted molar refractivity (Wildman–Crippen MR) is 92.9 cm³/mol. The highest BCUT2D eigenvalue weighted by molar-refractivity contribution is 5.76. The van der Waals surface area contributed by atoms with Crippen LogP contribution in [-0.4, -0.2) is 42.0 Å². The van der Waals surface area contributed by atoms with Gasteiger partial charge < -0.3 is 14.0 Å². The van der Waals surface area contributed by atoms with Crippen LogP contribution in [0.1, 0.15) is 36.0 Å². The van der Waals surface area contributed by atoms with Crippen LogP contribution in [0.4, 0.5) is 0 Å². The molecule has 0 aliphatic carbocycles. The van der Waals surface area contributed by atoms with Crippen molar-refractivity contribution in [2.75, 3.05) is 6.54 Å². The molecule has 1 saturated heterocycles. The number of amides is 1. The fourth-order valence-electron chi connectivity index (χ4n) is 3.51. The smallest absolute Gasteiger partial charge is 0.243 e. The molecule has 1 atom stereocenters. The van der Waals surface area contributed by atoms with Crippen LogP contribution in [0.15, 0.2) is 35.6 Å². The molecule has 134 valence electrons. The molecule has 1 aliphatic rings. The van der Waals surface area contributed by atoms with E-state index in [0.717, 1.165) is 42.0 Å². The van der Waals surface area contributed by atoms with Crippen LogP contribution in [-0.2, 0) is 11.3 Å². The first-order valence-corrected chi connectivity index (χ1v) is 8.64. The molecule has 0 aromatic carbocycles. The maximum absolute atomic E-state index is 12.7. The van der Waals surface area contributed by atoms with E-state index < -0.39 is 0 Å². The highest BCUT2D eigenvalue weighted by atomic mass is 16.5. The molecule has 1 amide bonds. The molecule has 0 bridgehead atoms. The first-order valence-electron chi connectivity index (χ1n) is 8.64. The van der Waals surface area contributed by atoms with Crippen LogP contribution >= 0.6 is 0 Å². The number of hydrogen-bond acceptors (Lipinski definition) is 6. The summed E-state index contributed by atoms with van der Waals surface area (Å²) in [6.45, 7) is 4.76. The first kappa shape index (κ1) is 16.4. The minimum absolute atomic E-state index is 0.0565. The molecule has 3 aromatic heterocycles. The van der Waals surface area contributed by atoms with Crippen molar-refractivity contribution < 1.29 is 9.32 Å². The van der Waals surface area contributed by atoms with Gasteiger partial charge >= 0.3 is 0 Å². The van der Waals surface area contributed by atoms with Gasteiger partial charge in [0.25, 0.3) is 0 Å². The zero-order valence-electron chi connectivity index (χ0n) is 14.8. The SMILES string of the molecule is Cc1noc(C)c1-c1cncc([C@@H]2CCCN2C(=O)Cn2ccnc2)n1. The highest BCUT2D eigenvalue weighted by Crippen LogP contribution is 2.32. The third-order valence-corrected chi connectivity index (χ3v) is 4.73. The second kappa shape index (κ2) is 6.70. The Morgan fingerprint density at radius 1 is 1.31 bits per heavy atom. The van der Waals surface area contributed by atoms with E-state index in [0.29, 0.717) is 5.76 Å². The minimum atomic E-state index is -0.0565. The quantitative estimate of drug-likeness (QED) is 0.716. The van der Waals surface area contributed by atoms with Crippen molar-refractivity contribution >= 4 is 5.91 Å². The number of rotatable bonds is 4. The molecular formula is C18H20N6O2. The molecule has 1 fully saturated rings. The zero-order chi connectivity index (χ0) is 18.1. The number of aryl methyl sites for hydroxylation is 2. The molecule has 4 heterocycles. The normalized spacial score (nSPS) is 17.0. The number of likely N-dealkylation sites (tertiary alicyclic amines) is 1. The molecule has 0 unspecified atom stereocenters. The minimum Gasteiger partial charge on any atom is -0.361 e. The fraction of sp³-hybridized carbons (Fsp3) is 0.389. The largest absolute Gasteiger partial charge is 0.361 e. The first-order chi connectivity index (χ1) is 12.6. The molecule has 8 heteroatoms. The van der Waals surface area contributed by atoms with E-state index in [1.165, 1.54) is 0 Å². The number of hydrogen-bond donors (Lipinski definition) is 0. The van der Waals surface area contributed by atoms with Crippen LogP contribution in [0, 0.1) is 13.8 Å². The molecule has 0 N–H and O–H groups in total. The Morgan fingerprint density at radius 2 is 2.19 bits per heavy atom. The topological polar surface area (TPSA) is 89.9 Å². The van der Waals surface area contributed by atoms with Crippen molar-refractivity contribution in [1.29, 1.82) is 0 Å². The molecule has 26 heavy (non-hydrogen) atoms. The van der Waals surface area contributed by atoms with Crippen molar-refractivity contribution in [3.63, 3.8) is 0 Å². The van der Waals surface area contributed by atoms with Gasteiger partial charge in [0.05, 0.1) is 47.4 Å². The van der Waals surface area contributed by atoms with Crippen LogP contribution in [0.25, 0.3) is 11.3 Å².